The van der Waals surface area contributed by atoms with Gasteiger partial charge in [0.25, 0.3) is 0 Å². The minimum absolute atomic E-state index is 0.345. The molecule has 0 bridgehead atoms. The lowest BCUT2D eigenvalue weighted by Gasteiger charge is -2.13. The van der Waals surface area contributed by atoms with Crippen LogP contribution >= 0.6 is 27.5 Å². The number of alkyl halides is 1. The largest absolute Gasteiger partial charge is 0.497 e. The first kappa shape index (κ1) is 16.8. The van der Waals surface area contributed by atoms with Crippen molar-refractivity contribution in [2.45, 2.75) is 56.7 Å². The van der Waals surface area contributed by atoms with Crippen LogP contribution in [0.1, 0.15) is 62.3 Å². The minimum Gasteiger partial charge on any atom is -0.497 e. The average Bonchev–Trinajstić information content (AvgIpc) is 2.42. The Balaban J connectivity index is 2.34. The first-order valence-electron chi connectivity index (χ1n) is 7.16. The van der Waals surface area contributed by atoms with Gasteiger partial charge in [0.05, 0.1) is 7.11 Å². The number of ether oxygens (including phenoxy) is 1. The second-order valence-electron chi connectivity index (χ2n) is 4.91. The maximum absolute atomic E-state index is 6.27. The fourth-order valence-corrected chi connectivity index (χ4v) is 3.31. The fraction of sp³-hybridized carbons (Fsp3) is 0.625. The van der Waals surface area contributed by atoms with E-state index in [4.69, 9.17) is 16.3 Å². The molecule has 0 aliphatic carbocycles. The van der Waals surface area contributed by atoms with Crippen molar-refractivity contribution < 1.29 is 4.74 Å². The Hall–Kier alpha value is -0.210. The van der Waals surface area contributed by atoms with E-state index in [1.807, 2.05) is 12.1 Å². The molecule has 1 unspecified atom stereocenters. The predicted octanol–water partition coefficient (Wildman–Crippen LogP) is 6.54. The van der Waals surface area contributed by atoms with Gasteiger partial charge < -0.3 is 4.74 Å². The van der Waals surface area contributed by atoms with Gasteiger partial charge in [-0.3, -0.25) is 0 Å². The summed E-state index contributed by atoms with van der Waals surface area (Å²) in [6.45, 7) is 2.25. The summed E-state index contributed by atoms with van der Waals surface area (Å²) in [5, 5.41) is 0.784. The number of hydrogen-bond acceptors (Lipinski definition) is 1. The van der Waals surface area contributed by atoms with E-state index in [-0.39, 0.29) is 0 Å². The van der Waals surface area contributed by atoms with Crippen molar-refractivity contribution in [2.24, 2.45) is 0 Å². The van der Waals surface area contributed by atoms with Gasteiger partial charge in [-0.05, 0) is 24.1 Å². The first-order valence-corrected chi connectivity index (χ1v) is 8.46. The highest BCUT2D eigenvalue weighted by molar-refractivity contribution is 9.09. The van der Waals surface area contributed by atoms with Crippen LogP contribution in [0.3, 0.4) is 0 Å². The van der Waals surface area contributed by atoms with Gasteiger partial charge in [-0.25, -0.2) is 0 Å². The molecule has 1 atom stereocenters. The fourth-order valence-electron chi connectivity index (χ4n) is 2.15. The Bertz CT molecular complexity index is 368. The SMILES string of the molecule is CCCCCCCCC(Br)c1ccc(OC)cc1Cl. The average molecular weight is 348 g/mol. The Morgan fingerprint density at radius 1 is 1.16 bits per heavy atom. The van der Waals surface area contributed by atoms with Crippen molar-refractivity contribution in [3.8, 4) is 5.75 Å². The molecule has 1 aromatic rings. The highest BCUT2D eigenvalue weighted by Crippen LogP contribution is 2.35. The molecule has 108 valence electrons. The molecule has 0 fully saturated rings. The maximum Gasteiger partial charge on any atom is 0.120 e. The second kappa shape index (κ2) is 9.66. The van der Waals surface area contributed by atoms with Crippen LogP contribution in [0.25, 0.3) is 0 Å². The molecular weight excluding hydrogens is 324 g/mol. The Morgan fingerprint density at radius 2 is 1.84 bits per heavy atom. The van der Waals surface area contributed by atoms with Crippen molar-refractivity contribution in [1.82, 2.24) is 0 Å². The normalized spacial score (nSPS) is 12.4. The third-order valence-corrected chi connectivity index (χ3v) is 4.63. The minimum atomic E-state index is 0.345. The molecule has 0 aromatic heterocycles. The second-order valence-corrected chi connectivity index (χ2v) is 6.42. The monoisotopic (exact) mass is 346 g/mol. The molecule has 0 saturated heterocycles. The summed E-state index contributed by atoms with van der Waals surface area (Å²) in [6, 6.07) is 5.90. The van der Waals surface area contributed by atoms with Crippen LogP contribution in [-0.4, -0.2) is 7.11 Å². The molecule has 1 nitrogen and oxygen atoms in total. The molecule has 0 amide bonds. The van der Waals surface area contributed by atoms with Gasteiger partial charge in [0, 0.05) is 9.85 Å². The summed E-state index contributed by atoms with van der Waals surface area (Å²) in [4.78, 5) is 0.345. The molecule has 0 radical (unpaired) electrons. The lowest BCUT2D eigenvalue weighted by Crippen LogP contribution is -1.93. The number of benzene rings is 1. The van der Waals surface area contributed by atoms with Crippen LogP contribution in [0.2, 0.25) is 5.02 Å². The van der Waals surface area contributed by atoms with Crippen LogP contribution in [0.5, 0.6) is 5.75 Å². The molecule has 0 saturated carbocycles. The highest BCUT2D eigenvalue weighted by atomic mass is 79.9. The van der Waals surface area contributed by atoms with Crippen LogP contribution in [0.4, 0.5) is 0 Å². The Labute approximate surface area is 130 Å². The predicted molar refractivity (Wildman–Crippen MR) is 87.7 cm³/mol. The van der Waals surface area contributed by atoms with Crippen molar-refractivity contribution in [2.75, 3.05) is 7.11 Å². The Kier molecular flexibility index (Phi) is 8.56. The highest BCUT2D eigenvalue weighted by Gasteiger charge is 2.11. The van der Waals surface area contributed by atoms with Crippen molar-refractivity contribution in [3.63, 3.8) is 0 Å². The number of unbranched alkanes of at least 4 members (excludes halogenated alkanes) is 5. The number of halogens is 2. The van der Waals surface area contributed by atoms with Crippen molar-refractivity contribution in [1.29, 1.82) is 0 Å². The van der Waals surface area contributed by atoms with Crippen molar-refractivity contribution in [3.05, 3.63) is 28.8 Å². The molecule has 0 spiro atoms. The standard InChI is InChI=1S/C16H24BrClO/c1-3-4-5-6-7-8-9-15(17)14-11-10-13(19-2)12-16(14)18/h10-12,15H,3-9H2,1-2H3. The van der Waals surface area contributed by atoms with Crippen molar-refractivity contribution >= 4 is 27.5 Å². The van der Waals surface area contributed by atoms with E-state index in [1.165, 1.54) is 38.5 Å². The summed E-state index contributed by atoms with van der Waals surface area (Å²) in [5.74, 6) is 0.813. The van der Waals surface area contributed by atoms with Gasteiger partial charge in [-0.15, -0.1) is 0 Å². The zero-order valence-electron chi connectivity index (χ0n) is 11.9. The van der Waals surface area contributed by atoms with E-state index in [0.29, 0.717) is 4.83 Å². The van der Waals surface area contributed by atoms with Gasteiger partial charge in [0.15, 0.2) is 0 Å². The summed E-state index contributed by atoms with van der Waals surface area (Å²) < 4.78 is 5.17. The van der Waals surface area contributed by atoms with E-state index in [9.17, 15) is 0 Å². The molecule has 0 aliphatic rings. The smallest absolute Gasteiger partial charge is 0.120 e. The van der Waals surface area contributed by atoms with E-state index < -0.39 is 0 Å². The summed E-state index contributed by atoms with van der Waals surface area (Å²) in [5.41, 5.74) is 1.16. The third kappa shape index (κ3) is 6.18. The Morgan fingerprint density at radius 3 is 2.47 bits per heavy atom. The molecule has 1 rings (SSSR count). The molecule has 19 heavy (non-hydrogen) atoms. The van der Waals surface area contributed by atoms with E-state index in [1.54, 1.807) is 7.11 Å². The molecular formula is C16H24BrClO. The lowest BCUT2D eigenvalue weighted by atomic mass is 10.0. The summed E-state index contributed by atoms with van der Waals surface area (Å²) >= 11 is 10.0. The van der Waals surface area contributed by atoms with Crippen LogP contribution in [0.15, 0.2) is 18.2 Å². The topological polar surface area (TPSA) is 9.23 Å². The van der Waals surface area contributed by atoms with Crippen LogP contribution < -0.4 is 4.74 Å². The van der Waals surface area contributed by atoms with E-state index >= 15 is 0 Å². The van der Waals surface area contributed by atoms with Gasteiger partial charge in [-0.1, -0.05) is 79.0 Å². The van der Waals surface area contributed by atoms with E-state index in [0.717, 1.165) is 22.8 Å². The zero-order chi connectivity index (χ0) is 14.1. The maximum atomic E-state index is 6.27. The van der Waals surface area contributed by atoms with Crippen LogP contribution in [-0.2, 0) is 0 Å². The summed E-state index contributed by atoms with van der Waals surface area (Å²) in [6.07, 6.45) is 9.09. The van der Waals surface area contributed by atoms with Crippen LogP contribution in [0, 0.1) is 0 Å². The molecule has 3 heteroatoms. The number of hydrogen-bond donors (Lipinski definition) is 0. The number of methoxy groups -OCH3 is 1. The molecule has 0 N–H and O–H groups in total. The zero-order valence-corrected chi connectivity index (χ0v) is 14.3. The third-order valence-electron chi connectivity index (χ3n) is 3.36. The quantitative estimate of drug-likeness (QED) is 0.364. The van der Waals surface area contributed by atoms with Gasteiger partial charge in [0.1, 0.15) is 5.75 Å². The lowest BCUT2D eigenvalue weighted by molar-refractivity contribution is 0.414. The van der Waals surface area contributed by atoms with Gasteiger partial charge >= 0.3 is 0 Å². The molecule has 0 aliphatic heterocycles. The van der Waals surface area contributed by atoms with Gasteiger partial charge in [0.2, 0.25) is 0 Å². The number of rotatable bonds is 9. The summed E-state index contributed by atoms with van der Waals surface area (Å²) in [7, 11) is 1.66. The van der Waals surface area contributed by atoms with E-state index in [2.05, 4.69) is 28.9 Å². The molecule has 0 heterocycles. The van der Waals surface area contributed by atoms with Gasteiger partial charge in [-0.2, -0.15) is 0 Å². The first-order chi connectivity index (χ1) is 9.19. The molecule has 1 aromatic carbocycles.